The van der Waals surface area contributed by atoms with E-state index in [0.29, 0.717) is 188 Å². The van der Waals surface area contributed by atoms with E-state index in [1.54, 1.807) is 22.7 Å². The zero-order chi connectivity index (χ0) is 58.1. The number of carbonyl (C=O) groups is 5. The second-order valence-electron chi connectivity index (χ2n) is 17.6. The molecule has 1 aromatic carbocycles. The first kappa shape index (κ1) is 70.3. The highest BCUT2D eigenvalue weighted by molar-refractivity contribution is 7.15. The minimum Gasteiger partial charge on any atom is -0.496 e. The SMILES string of the molecule is CCCCC[C@@H](NC(=O)CCOCCOCCOCCOCCOCCOCCOCCOCCN)C(=O)NCCOCCOCCOCCOCCNC(=O)CCCNC(=O)c1cc(NC(=O)c2cn3ccsc3n2)ccc1OC. The molecule has 0 saturated carbocycles. The van der Waals surface area contributed by atoms with Crippen LogP contribution in [-0.4, -0.2) is 237 Å². The van der Waals surface area contributed by atoms with Gasteiger partial charge in [-0.1, -0.05) is 26.2 Å². The summed E-state index contributed by atoms with van der Waals surface area (Å²) < 4.78 is 72.9. The van der Waals surface area contributed by atoms with Crippen molar-refractivity contribution in [1.29, 1.82) is 0 Å². The summed E-state index contributed by atoms with van der Waals surface area (Å²) in [6.45, 7) is 13.3. The Bertz CT molecular complexity index is 2080. The Balaban J connectivity index is 1.05. The molecule has 0 bridgehead atoms. The third-order valence-electron chi connectivity index (χ3n) is 11.2. The van der Waals surface area contributed by atoms with E-state index in [1.807, 2.05) is 11.6 Å². The minimum atomic E-state index is -0.647. The van der Waals surface area contributed by atoms with Crippen molar-refractivity contribution < 1.29 is 85.6 Å². The number of thiazole rings is 1. The number of aromatic nitrogens is 2. The lowest BCUT2D eigenvalue weighted by atomic mass is 10.1. The maximum atomic E-state index is 13.0. The molecule has 3 aromatic rings. The number of carbonyl (C=O) groups excluding carboxylic acids is 5. The average molecular weight is 1170 g/mol. The van der Waals surface area contributed by atoms with Gasteiger partial charge in [-0.05, 0) is 31.0 Å². The second kappa shape index (κ2) is 48.5. The smallest absolute Gasteiger partial charge is 0.275 e. The van der Waals surface area contributed by atoms with E-state index in [4.69, 9.17) is 67.3 Å². The van der Waals surface area contributed by atoms with Gasteiger partial charge in [-0.25, -0.2) is 4.98 Å². The first-order valence-electron chi connectivity index (χ1n) is 27.9. The van der Waals surface area contributed by atoms with Gasteiger partial charge in [-0.2, -0.15) is 0 Å². The number of nitrogens with zero attached hydrogens (tertiary/aromatic N) is 2. The summed E-state index contributed by atoms with van der Waals surface area (Å²) in [6.07, 6.45) is 7.47. The van der Waals surface area contributed by atoms with E-state index in [0.717, 1.165) is 19.3 Å². The summed E-state index contributed by atoms with van der Waals surface area (Å²) in [5.41, 5.74) is 6.25. The molecule has 2 heterocycles. The van der Waals surface area contributed by atoms with Crippen LogP contribution in [0.3, 0.4) is 0 Å². The van der Waals surface area contributed by atoms with E-state index in [9.17, 15) is 24.0 Å². The molecule has 0 aliphatic heterocycles. The number of rotatable bonds is 55. The molecular weight excluding hydrogens is 1080 g/mol. The standard InChI is InChI=1S/C54H90N8O18S/c1-3-4-5-7-46(60-50(64)11-17-69-21-25-73-29-33-77-35-37-79-39-40-80-38-36-78-34-30-74-26-22-70-18-12-55)52(66)58-15-20-72-24-28-76-32-31-75-27-23-71-19-14-56-49(63)8-6-13-57-51(65)45-42-44(9-10-48(45)68-2)59-53(67)47-43-62-16-41-81-54(62)61-47/h9-10,16,41-43,46H,3-8,11-15,17-40,55H2,1-2H3,(H,56,63)(H,57,65)(H,58,66)(H,59,67)(H,60,64)/t46-/m1/s1. The molecule has 2 aromatic heterocycles. The molecule has 5 amide bonds. The fraction of sp³-hybridized carbons (Fsp3) is 0.704. The Morgan fingerprint density at radius 3 is 1.58 bits per heavy atom. The molecule has 0 unspecified atom stereocenters. The Hall–Kier alpha value is -4.98. The number of nitrogens with one attached hydrogen (secondary N) is 5. The van der Waals surface area contributed by atoms with Crippen LogP contribution in [0.2, 0.25) is 0 Å². The van der Waals surface area contributed by atoms with Gasteiger partial charge in [-0.3, -0.25) is 28.4 Å². The van der Waals surface area contributed by atoms with Gasteiger partial charge < -0.3 is 93.9 Å². The fourth-order valence-corrected chi connectivity index (χ4v) is 7.75. The normalized spacial score (nSPS) is 11.7. The molecule has 0 fully saturated rings. The van der Waals surface area contributed by atoms with Crippen molar-refractivity contribution >= 4 is 51.5 Å². The molecule has 460 valence electrons. The Kier molecular flexibility index (Phi) is 42.1. The topological polar surface area (TPSA) is 309 Å². The lowest BCUT2D eigenvalue weighted by Gasteiger charge is -2.18. The summed E-state index contributed by atoms with van der Waals surface area (Å²) in [5, 5.41) is 15.9. The van der Waals surface area contributed by atoms with Gasteiger partial charge in [0.05, 0.1) is 171 Å². The largest absolute Gasteiger partial charge is 0.496 e. The molecule has 3 rings (SSSR count). The predicted molar refractivity (Wildman–Crippen MR) is 301 cm³/mol. The molecule has 27 heteroatoms. The number of methoxy groups -OCH3 is 1. The van der Waals surface area contributed by atoms with Crippen molar-refractivity contribution in [2.24, 2.45) is 5.73 Å². The maximum absolute atomic E-state index is 13.0. The molecule has 0 aliphatic carbocycles. The van der Waals surface area contributed by atoms with Gasteiger partial charge in [0.1, 0.15) is 17.5 Å². The van der Waals surface area contributed by atoms with Gasteiger partial charge in [0.25, 0.3) is 11.8 Å². The molecule has 7 N–H and O–H groups in total. The van der Waals surface area contributed by atoms with Crippen LogP contribution in [0.4, 0.5) is 5.69 Å². The van der Waals surface area contributed by atoms with Crippen molar-refractivity contribution in [1.82, 2.24) is 30.7 Å². The van der Waals surface area contributed by atoms with Gasteiger partial charge >= 0.3 is 0 Å². The molecule has 1 atom stereocenters. The Morgan fingerprint density at radius 2 is 1.07 bits per heavy atom. The number of fused-ring (bicyclic) bond motifs is 1. The summed E-state index contributed by atoms with van der Waals surface area (Å²) in [5.74, 6) is -1.15. The maximum Gasteiger partial charge on any atom is 0.275 e. The van der Waals surface area contributed by atoms with Crippen LogP contribution < -0.4 is 37.1 Å². The Morgan fingerprint density at radius 1 is 0.568 bits per heavy atom. The molecule has 81 heavy (non-hydrogen) atoms. The number of benzene rings is 1. The van der Waals surface area contributed by atoms with Crippen LogP contribution in [0, 0.1) is 0 Å². The summed E-state index contributed by atoms with van der Waals surface area (Å²) in [4.78, 5) is 68.6. The minimum absolute atomic E-state index is 0.120. The van der Waals surface area contributed by atoms with Crippen LogP contribution in [0.1, 0.15) is 72.7 Å². The number of unbranched alkanes of at least 4 members (excludes halogenated alkanes) is 2. The van der Waals surface area contributed by atoms with Crippen LogP contribution in [-0.2, 0) is 71.2 Å². The third-order valence-corrected chi connectivity index (χ3v) is 12.0. The first-order valence-corrected chi connectivity index (χ1v) is 28.8. The van der Waals surface area contributed by atoms with Crippen molar-refractivity contribution in [2.45, 2.75) is 57.9 Å². The zero-order valence-electron chi connectivity index (χ0n) is 47.5. The van der Waals surface area contributed by atoms with Crippen molar-refractivity contribution in [3.63, 3.8) is 0 Å². The number of anilines is 1. The molecular formula is C54H90N8O18S. The summed E-state index contributed by atoms with van der Waals surface area (Å²) in [6, 6.07) is 4.12. The van der Waals surface area contributed by atoms with Crippen LogP contribution in [0.5, 0.6) is 5.75 Å². The van der Waals surface area contributed by atoms with Crippen molar-refractivity contribution in [3.8, 4) is 5.75 Å². The van der Waals surface area contributed by atoms with Crippen LogP contribution in [0.25, 0.3) is 4.96 Å². The van der Waals surface area contributed by atoms with Crippen molar-refractivity contribution in [2.75, 3.05) is 197 Å². The average Bonchev–Trinajstić information content (AvgIpc) is 4.12. The van der Waals surface area contributed by atoms with Crippen LogP contribution >= 0.6 is 11.3 Å². The number of ether oxygens (including phenoxy) is 13. The van der Waals surface area contributed by atoms with Gasteiger partial charge in [-0.15, -0.1) is 11.3 Å². The number of nitrogens with two attached hydrogens (primary N) is 1. The number of amides is 5. The fourth-order valence-electron chi connectivity index (χ4n) is 7.05. The first-order chi connectivity index (χ1) is 39.7. The lowest BCUT2D eigenvalue weighted by molar-refractivity contribution is -0.130. The van der Waals surface area contributed by atoms with Gasteiger partial charge in [0.2, 0.25) is 17.7 Å². The van der Waals surface area contributed by atoms with E-state index >= 15 is 0 Å². The molecule has 0 radical (unpaired) electrons. The van der Waals surface area contributed by atoms with E-state index in [2.05, 4.69) is 38.5 Å². The van der Waals surface area contributed by atoms with Gasteiger partial charge in [0, 0.05) is 62.5 Å². The molecule has 0 spiro atoms. The molecule has 0 saturated heterocycles. The highest BCUT2D eigenvalue weighted by Crippen LogP contribution is 2.23. The van der Waals surface area contributed by atoms with E-state index in [1.165, 1.54) is 24.5 Å². The van der Waals surface area contributed by atoms with E-state index < -0.39 is 17.9 Å². The molecule has 26 nitrogen and oxygen atoms in total. The Labute approximate surface area is 480 Å². The summed E-state index contributed by atoms with van der Waals surface area (Å²) >= 11 is 1.42. The van der Waals surface area contributed by atoms with E-state index in [-0.39, 0.29) is 68.1 Å². The monoisotopic (exact) mass is 1170 g/mol. The quantitative estimate of drug-likeness (QED) is 0.0441. The molecule has 0 aliphatic rings. The third kappa shape index (κ3) is 35.6. The van der Waals surface area contributed by atoms with Crippen molar-refractivity contribution in [3.05, 3.63) is 47.2 Å². The number of imidazole rings is 1. The predicted octanol–water partition coefficient (Wildman–Crippen LogP) is 2.01. The highest BCUT2D eigenvalue weighted by Gasteiger charge is 2.21. The lowest BCUT2D eigenvalue weighted by Crippen LogP contribution is -2.47. The zero-order valence-corrected chi connectivity index (χ0v) is 48.3. The highest BCUT2D eigenvalue weighted by atomic mass is 32.1. The number of hydrogen-bond acceptors (Lipinski definition) is 21. The van der Waals surface area contributed by atoms with Gasteiger partial charge in [0.15, 0.2) is 4.96 Å². The summed E-state index contributed by atoms with van der Waals surface area (Å²) in [7, 11) is 1.45. The van der Waals surface area contributed by atoms with Crippen LogP contribution in [0.15, 0.2) is 36.0 Å². The second-order valence-corrected chi connectivity index (χ2v) is 18.5. The number of hydrogen-bond donors (Lipinski definition) is 6.